The summed E-state index contributed by atoms with van der Waals surface area (Å²) in [5, 5.41) is 0. The van der Waals surface area contributed by atoms with Gasteiger partial charge in [-0.15, -0.1) is 6.58 Å². The van der Waals surface area contributed by atoms with Gasteiger partial charge in [-0.05, 0) is 82.2 Å². The molecule has 0 aliphatic rings. The first-order valence-corrected chi connectivity index (χ1v) is 15.0. The zero-order valence-electron chi connectivity index (χ0n) is 27.6. The lowest BCUT2D eigenvalue weighted by Crippen LogP contribution is -2.35. The third-order valence-electron chi connectivity index (χ3n) is 6.62. The number of methoxy groups -OCH3 is 2. The average Bonchev–Trinajstić information content (AvgIpc) is 3.00. The van der Waals surface area contributed by atoms with Crippen molar-refractivity contribution in [2.75, 3.05) is 33.9 Å². The van der Waals surface area contributed by atoms with Gasteiger partial charge in [-0.2, -0.15) is 0 Å². The molecule has 6 nitrogen and oxygen atoms in total. The standard InChI is InChI=1S/C29H44N2O4.C4H7F.C2H6/c1-7-12-26-17-16-25(20-24(26)4)21-30(9-3)19-18-28(34-5)22-31(23-32)27(13-8-2)14-10-11-15-29(33)35-6;1-3-4(2)5;1-2/h7-8,13,16-17,20,23,28H,1-2,9-12,14-15,18-19,21-22H2,3-6H3;3H,1-2H3;1-2H3/b27-13+;4-3+;. The van der Waals surface area contributed by atoms with E-state index in [1.54, 1.807) is 25.0 Å². The first-order valence-electron chi connectivity index (χ1n) is 15.0. The van der Waals surface area contributed by atoms with E-state index in [1.807, 2.05) is 26.0 Å². The molecule has 1 aromatic carbocycles. The number of ether oxygens (including phenoxy) is 2. The topological polar surface area (TPSA) is 59.1 Å². The van der Waals surface area contributed by atoms with Crippen molar-refractivity contribution in [2.45, 2.75) is 92.7 Å². The molecule has 0 saturated heterocycles. The fraction of sp³-hybridized carbons (Fsp3) is 0.543. The second-order valence-corrected chi connectivity index (χ2v) is 9.58. The van der Waals surface area contributed by atoms with Crippen LogP contribution >= 0.6 is 0 Å². The van der Waals surface area contributed by atoms with Gasteiger partial charge >= 0.3 is 5.97 Å². The van der Waals surface area contributed by atoms with E-state index < -0.39 is 0 Å². The molecule has 0 aliphatic heterocycles. The van der Waals surface area contributed by atoms with Crippen molar-refractivity contribution in [3.63, 3.8) is 0 Å². The maximum absolute atomic E-state index is 11.9. The highest BCUT2D eigenvalue weighted by atomic mass is 19.1. The Morgan fingerprint density at radius 1 is 1.14 bits per heavy atom. The zero-order valence-corrected chi connectivity index (χ0v) is 27.6. The third-order valence-corrected chi connectivity index (χ3v) is 6.62. The predicted octanol–water partition coefficient (Wildman–Crippen LogP) is 8.12. The number of halogens is 1. The average molecular weight is 589 g/mol. The molecule has 0 saturated carbocycles. The first kappa shape index (κ1) is 41.1. The van der Waals surface area contributed by atoms with E-state index in [0.717, 1.165) is 51.0 Å². The largest absolute Gasteiger partial charge is 0.469 e. The molecule has 0 aromatic heterocycles. The maximum Gasteiger partial charge on any atom is 0.305 e. The number of hydrogen-bond donors (Lipinski definition) is 0. The minimum absolute atomic E-state index is 0.0887. The highest BCUT2D eigenvalue weighted by molar-refractivity contribution is 5.69. The lowest BCUT2D eigenvalue weighted by molar-refractivity contribution is -0.140. The van der Waals surface area contributed by atoms with Crippen LogP contribution in [0.3, 0.4) is 0 Å². The molecule has 1 unspecified atom stereocenters. The van der Waals surface area contributed by atoms with Crippen LogP contribution in [0.15, 0.2) is 67.2 Å². The van der Waals surface area contributed by atoms with E-state index in [-0.39, 0.29) is 17.9 Å². The summed E-state index contributed by atoms with van der Waals surface area (Å²) in [5.41, 5.74) is 4.78. The number of esters is 1. The van der Waals surface area contributed by atoms with Crippen molar-refractivity contribution in [2.24, 2.45) is 0 Å². The third kappa shape index (κ3) is 19.2. The number of hydrogen-bond acceptors (Lipinski definition) is 5. The van der Waals surface area contributed by atoms with Gasteiger partial charge in [0.2, 0.25) is 6.41 Å². The summed E-state index contributed by atoms with van der Waals surface area (Å²) in [6, 6.07) is 6.65. The van der Waals surface area contributed by atoms with Crippen LogP contribution in [0, 0.1) is 6.92 Å². The SMILES string of the molecule is C/C=C(\C)F.C=C/C=C(\CCCCC(=O)OC)N(C=O)CC(CCN(CC)Cc1ccc(CC=C)c(C)c1)OC.CC. The van der Waals surface area contributed by atoms with E-state index in [2.05, 4.69) is 50.1 Å². The molecule has 7 heteroatoms. The van der Waals surface area contributed by atoms with Gasteiger partial charge in [0.25, 0.3) is 0 Å². The molecule has 0 aliphatic carbocycles. The molecule has 0 fully saturated rings. The number of carbonyl (C=O) groups is 2. The molecular weight excluding hydrogens is 531 g/mol. The highest BCUT2D eigenvalue weighted by Gasteiger charge is 2.17. The van der Waals surface area contributed by atoms with Crippen molar-refractivity contribution in [1.82, 2.24) is 9.80 Å². The molecule has 0 bridgehead atoms. The van der Waals surface area contributed by atoms with Crippen LogP contribution in [0.1, 0.15) is 83.4 Å². The molecule has 1 rings (SSSR count). The number of aryl methyl sites for hydroxylation is 1. The zero-order chi connectivity index (χ0) is 32.3. The van der Waals surface area contributed by atoms with E-state index >= 15 is 0 Å². The number of rotatable bonds is 19. The minimum atomic E-state index is -0.214. The van der Waals surface area contributed by atoms with Gasteiger partial charge in [0.1, 0.15) is 0 Å². The smallest absolute Gasteiger partial charge is 0.305 e. The Morgan fingerprint density at radius 2 is 1.79 bits per heavy atom. The number of benzene rings is 1. The minimum Gasteiger partial charge on any atom is -0.469 e. The molecule has 0 radical (unpaired) electrons. The van der Waals surface area contributed by atoms with Crippen LogP contribution in [0.4, 0.5) is 4.39 Å². The Hall–Kier alpha value is -3.03. The van der Waals surface area contributed by atoms with Gasteiger partial charge in [0.15, 0.2) is 0 Å². The Labute approximate surface area is 256 Å². The number of amides is 1. The highest BCUT2D eigenvalue weighted by Crippen LogP contribution is 2.17. The molecule has 0 spiro atoms. The van der Waals surface area contributed by atoms with Crippen molar-refractivity contribution in [3.8, 4) is 0 Å². The number of nitrogens with zero attached hydrogens (tertiary/aromatic N) is 2. The summed E-state index contributed by atoms with van der Waals surface area (Å²) < 4.78 is 21.7. The molecule has 42 heavy (non-hydrogen) atoms. The van der Waals surface area contributed by atoms with Crippen molar-refractivity contribution < 1.29 is 23.5 Å². The summed E-state index contributed by atoms with van der Waals surface area (Å²) >= 11 is 0. The second kappa shape index (κ2) is 26.8. The summed E-state index contributed by atoms with van der Waals surface area (Å²) in [7, 11) is 3.09. The molecule has 1 atom stereocenters. The summed E-state index contributed by atoms with van der Waals surface area (Å²) in [5.74, 6) is -0.334. The maximum atomic E-state index is 11.9. The molecular formula is C35H57FN2O4. The van der Waals surface area contributed by atoms with Crippen LogP contribution in [0.2, 0.25) is 0 Å². The Morgan fingerprint density at radius 3 is 2.26 bits per heavy atom. The molecule has 1 aromatic rings. The second-order valence-electron chi connectivity index (χ2n) is 9.58. The quantitative estimate of drug-likeness (QED) is 0.0537. The van der Waals surface area contributed by atoms with Crippen LogP contribution in [0.5, 0.6) is 0 Å². The number of unbranched alkanes of at least 4 members (excludes halogenated alkanes) is 1. The summed E-state index contributed by atoms with van der Waals surface area (Å²) in [4.78, 5) is 27.3. The van der Waals surface area contributed by atoms with E-state index in [9.17, 15) is 14.0 Å². The Balaban J connectivity index is 0. The molecule has 0 heterocycles. The first-order chi connectivity index (χ1) is 20.2. The predicted molar refractivity (Wildman–Crippen MR) is 175 cm³/mol. The molecule has 0 N–H and O–H groups in total. The molecule has 1 amide bonds. The summed E-state index contributed by atoms with van der Waals surface area (Å²) in [6.45, 7) is 22.2. The van der Waals surface area contributed by atoms with Gasteiger partial charge in [0.05, 0.1) is 25.6 Å². The monoisotopic (exact) mass is 588 g/mol. The van der Waals surface area contributed by atoms with Gasteiger partial charge in [-0.25, -0.2) is 4.39 Å². The van der Waals surface area contributed by atoms with Crippen LogP contribution in [-0.2, 0) is 32.0 Å². The van der Waals surface area contributed by atoms with Crippen molar-refractivity contribution in [1.29, 1.82) is 0 Å². The van der Waals surface area contributed by atoms with Crippen molar-refractivity contribution >= 4 is 12.4 Å². The lowest BCUT2D eigenvalue weighted by atomic mass is 10.0. The normalized spacial score (nSPS) is 11.9. The summed E-state index contributed by atoms with van der Waals surface area (Å²) in [6.07, 6.45) is 11.9. The van der Waals surface area contributed by atoms with Crippen LogP contribution in [0.25, 0.3) is 0 Å². The lowest BCUT2D eigenvalue weighted by Gasteiger charge is -2.28. The molecule has 238 valence electrons. The van der Waals surface area contributed by atoms with Crippen molar-refractivity contribution in [3.05, 3.63) is 83.9 Å². The number of allylic oxidation sites excluding steroid dienone is 6. The fourth-order valence-corrected chi connectivity index (χ4v) is 4.04. The van der Waals surface area contributed by atoms with Crippen LogP contribution in [-0.4, -0.2) is 62.1 Å². The van der Waals surface area contributed by atoms with Gasteiger partial charge in [-0.1, -0.05) is 63.8 Å². The number of carbonyl (C=O) groups excluding carboxylic acids is 2. The van der Waals surface area contributed by atoms with Gasteiger partial charge in [-0.3, -0.25) is 14.5 Å². The fourth-order valence-electron chi connectivity index (χ4n) is 4.04. The van der Waals surface area contributed by atoms with E-state index in [4.69, 9.17) is 9.47 Å². The van der Waals surface area contributed by atoms with Gasteiger partial charge < -0.3 is 14.4 Å². The van der Waals surface area contributed by atoms with Crippen LogP contribution < -0.4 is 0 Å². The van der Waals surface area contributed by atoms with E-state index in [1.165, 1.54) is 36.8 Å². The Kier molecular flexibility index (Phi) is 26.3. The van der Waals surface area contributed by atoms with E-state index in [0.29, 0.717) is 25.8 Å². The van der Waals surface area contributed by atoms with Gasteiger partial charge in [0, 0.05) is 32.3 Å². The Bertz CT molecular complexity index is 954.